The van der Waals surface area contributed by atoms with Gasteiger partial charge in [0.15, 0.2) is 0 Å². The number of piperazine rings is 1. The van der Waals surface area contributed by atoms with Crippen molar-refractivity contribution in [2.45, 2.75) is 19.4 Å². The molecule has 0 aromatic heterocycles. The summed E-state index contributed by atoms with van der Waals surface area (Å²) in [5.74, 6) is -1.91. The molecule has 21 heavy (non-hydrogen) atoms. The molecule has 0 saturated carbocycles. The maximum absolute atomic E-state index is 13.2. The van der Waals surface area contributed by atoms with Crippen molar-refractivity contribution in [1.29, 1.82) is 5.26 Å². The summed E-state index contributed by atoms with van der Waals surface area (Å²) in [6.07, 6.45) is 0. The molecule has 1 saturated heterocycles. The van der Waals surface area contributed by atoms with Crippen LogP contribution in [0.3, 0.4) is 0 Å². The molecule has 2 rings (SSSR count). The summed E-state index contributed by atoms with van der Waals surface area (Å²) in [6, 6.07) is 5.04. The molecule has 1 amide bonds. The zero-order valence-electron chi connectivity index (χ0n) is 12.1. The number of carbonyl (C=O) groups is 1. The molecule has 0 unspecified atom stereocenters. The molecule has 6 heteroatoms. The molecule has 112 valence electrons. The standard InChI is InChI=1S/C15H17F2N3O/c1-15(2,10-18)20-5-3-19(4-6-20)14(21)11-7-12(16)9-13(17)8-11/h7-9H,3-6H2,1-2H3. The highest BCUT2D eigenvalue weighted by Gasteiger charge is 2.31. The van der Waals surface area contributed by atoms with E-state index in [1.54, 1.807) is 4.90 Å². The molecule has 0 bridgehead atoms. The van der Waals surface area contributed by atoms with Gasteiger partial charge in [0.1, 0.15) is 17.2 Å². The van der Waals surface area contributed by atoms with E-state index in [-0.39, 0.29) is 11.5 Å². The number of nitrogens with zero attached hydrogens (tertiary/aromatic N) is 3. The molecule has 1 aliphatic heterocycles. The molecule has 1 aromatic rings. The minimum Gasteiger partial charge on any atom is -0.336 e. The Morgan fingerprint density at radius 2 is 1.67 bits per heavy atom. The van der Waals surface area contributed by atoms with E-state index in [1.807, 2.05) is 18.7 Å². The second kappa shape index (κ2) is 5.78. The fourth-order valence-corrected chi connectivity index (χ4v) is 2.40. The van der Waals surface area contributed by atoms with Crippen molar-refractivity contribution in [3.05, 3.63) is 35.4 Å². The number of hydrogen-bond donors (Lipinski definition) is 0. The van der Waals surface area contributed by atoms with E-state index in [2.05, 4.69) is 6.07 Å². The Balaban J connectivity index is 2.05. The van der Waals surface area contributed by atoms with E-state index in [0.717, 1.165) is 18.2 Å². The number of amides is 1. The molecule has 0 spiro atoms. The van der Waals surface area contributed by atoms with Crippen LogP contribution in [0.5, 0.6) is 0 Å². The minimum atomic E-state index is -0.761. The molecule has 0 atom stereocenters. The quantitative estimate of drug-likeness (QED) is 0.838. The van der Waals surface area contributed by atoms with Crippen molar-refractivity contribution in [2.24, 2.45) is 0 Å². The van der Waals surface area contributed by atoms with Crippen LogP contribution in [0.4, 0.5) is 8.78 Å². The summed E-state index contributed by atoms with van der Waals surface area (Å²) in [4.78, 5) is 15.8. The summed E-state index contributed by atoms with van der Waals surface area (Å²) in [7, 11) is 0. The zero-order valence-corrected chi connectivity index (χ0v) is 12.1. The maximum atomic E-state index is 13.2. The summed E-state index contributed by atoms with van der Waals surface area (Å²) in [5, 5.41) is 9.10. The molecular weight excluding hydrogens is 276 g/mol. The van der Waals surface area contributed by atoms with E-state index in [4.69, 9.17) is 5.26 Å². The average Bonchev–Trinajstić information content (AvgIpc) is 2.45. The predicted octanol–water partition coefficient (Wildman–Crippen LogP) is 2.02. The Bertz CT molecular complexity index is 567. The third kappa shape index (κ3) is 3.37. The zero-order chi connectivity index (χ0) is 15.6. The Kier molecular flexibility index (Phi) is 4.24. The van der Waals surface area contributed by atoms with Crippen LogP contribution in [0, 0.1) is 23.0 Å². The molecule has 4 nitrogen and oxygen atoms in total. The molecule has 1 aromatic carbocycles. The normalized spacial score (nSPS) is 16.6. The highest BCUT2D eigenvalue weighted by molar-refractivity contribution is 5.94. The SMILES string of the molecule is CC(C)(C#N)N1CCN(C(=O)c2cc(F)cc(F)c2)CC1. The minimum absolute atomic E-state index is 0.0143. The lowest BCUT2D eigenvalue weighted by Crippen LogP contribution is -2.55. The highest BCUT2D eigenvalue weighted by atomic mass is 19.1. The van der Waals surface area contributed by atoms with Gasteiger partial charge in [-0.2, -0.15) is 5.26 Å². The first-order valence-electron chi connectivity index (χ1n) is 6.75. The van der Waals surface area contributed by atoms with Gasteiger partial charge >= 0.3 is 0 Å². The molecule has 0 aliphatic carbocycles. The average molecular weight is 293 g/mol. The summed E-state index contributed by atoms with van der Waals surface area (Å²) >= 11 is 0. The van der Waals surface area contributed by atoms with Gasteiger partial charge in [0.2, 0.25) is 0 Å². The number of carbonyl (C=O) groups excluding carboxylic acids is 1. The van der Waals surface area contributed by atoms with Crippen molar-refractivity contribution < 1.29 is 13.6 Å². The topological polar surface area (TPSA) is 47.3 Å². The van der Waals surface area contributed by atoms with Crippen LogP contribution >= 0.6 is 0 Å². The van der Waals surface area contributed by atoms with Crippen molar-refractivity contribution in [3.63, 3.8) is 0 Å². The first-order chi connectivity index (χ1) is 9.83. The van der Waals surface area contributed by atoms with Gasteiger partial charge in [-0.25, -0.2) is 8.78 Å². The van der Waals surface area contributed by atoms with Gasteiger partial charge in [-0.05, 0) is 26.0 Å². The van der Waals surface area contributed by atoms with Gasteiger partial charge in [0.05, 0.1) is 6.07 Å². The second-order valence-corrected chi connectivity index (χ2v) is 5.61. The van der Waals surface area contributed by atoms with Crippen LogP contribution in [-0.4, -0.2) is 47.4 Å². The van der Waals surface area contributed by atoms with Crippen LogP contribution in [0.15, 0.2) is 18.2 Å². The molecule has 1 fully saturated rings. The number of halogens is 2. The number of hydrogen-bond acceptors (Lipinski definition) is 3. The van der Waals surface area contributed by atoms with E-state index < -0.39 is 17.2 Å². The number of rotatable bonds is 2. The van der Waals surface area contributed by atoms with Gasteiger partial charge in [-0.3, -0.25) is 9.69 Å². The Labute approximate surface area is 122 Å². The molecule has 1 aliphatic rings. The first-order valence-corrected chi connectivity index (χ1v) is 6.75. The largest absolute Gasteiger partial charge is 0.336 e. The van der Waals surface area contributed by atoms with Crippen LogP contribution in [0.1, 0.15) is 24.2 Å². The molecule has 1 heterocycles. The highest BCUT2D eigenvalue weighted by Crippen LogP contribution is 2.18. The van der Waals surface area contributed by atoms with E-state index in [9.17, 15) is 13.6 Å². The van der Waals surface area contributed by atoms with E-state index in [1.165, 1.54) is 0 Å². The summed E-state index contributed by atoms with van der Waals surface area (Å²) < 4.78 is 26.3. The van der Waals surface area contributed by atoms with Crippen LogP contribution in [0.2, 0.25) is 0 Å². The van der Waals surface area contributed by atoms with Gasteiger partial charge < -0.3 is 4.90 Å². The van der Waals surface area contributed by atoms with Gasteiger partial charge in [-0.15, -0.1) is 0 Å². The van der Waals surface area contributed by atoms with Crippen LogP contribution < -0.4 is 0 Å². The van der Waals surface area contributed by atoms with Gasteiger partial charge in [0.25, 0.3) is 5.91 Å². The van der Waals surface area contributed by atoms with Gasteiger partial charge in [0, 0.05) is 37.8 Å². The van der Waals surface area contributed by atoms with Crippen molar-refractivity contribution in [1.82, 2.24) is 9.80 Å². The second-order valence-electron chi connectivity index (χ2n) is 5.61. The monoisotopic (exact) mass is 293 g/mol. The van der Waals surface area contributed by atoms with Crippen molar-refractivity contribution >= 4 is 5.91 Å². The third-order valence-electron chi connectivity index (χ3n) is 3.74. The molecule has 0 N–H and O–H groups in total. The van der Waals surface area contributed by atoms with Crippen molar-refractivity contribution in [3.8, 4) is 6.07 Å². The molecular formula is C15H17F2N3O. The number of benzene rings is 1. The Morgan fingerprint density at radius 1 is 1.14 bits per heavy atom. The lowest BCUT2D eigenvalue weighted by molar-refractivity contribution is 0.0520. The van der Waals surface area contributed by atoms with E-state index >= 15 is 0 Å². The smallest absolute Gasteiger partial charge is 0.254 e. The van der Waals surface area contributed by atoms with Crippen molar-refractivity contribution in [2.75, 3.05) is 26.2 Å². The van der Waals surface area contributed by atoms with Crippen LogP contribution in [-0.2, 0) is 0 Å². The predicted molar refractivity (Wildman–Crippen MR) is 73.5 cm³/mol. The van der Waals surface area contributed by atoms with Gasteiger partial charge in [-0.1, -0.05) is 0 Å². The summed E-state index contributed by atoms with van der Waals surface area (Å²) in [5.41, 5.74) is -0.569. The fourth-order valence-electron chi connectivity index (χ4n) is 2.40. The third-order valence-corrected chi connectivity index (χ3v) is 3.74. The van der Waals surface area contributed by atoms with E-state index in [0.29, 0.717) is 26.2 Å². The lowest BCUT2D eigenvalue weighted by Gasteiger charge is -2.40. The fraction of sp³-hybridized carbons (Fsp3) is 0.467. The van der Waals surface area contributed by atoms with Crippen LogP contribution in [0.25, 0.3) is 0 Å². The Hall–Kier alpha value is -2.00. The number of nitriles is 1. The summed E-state index contributed by atoms with van der Waals surface area (Å²) in [6.45, 7) is 5.64. The maximum Gasteiger partial charge on any atom is 0.254 e. The Morgan fingerprint density at radius 3 is 2.14 bits per heavy atom. The first kappa shape index (κ1) is 15.4. The lowest BCUT2D eigenvalue weighted by atomic mass is 10.0. The molecule has 0 radical (unpaired) electrons.